The minimum absolute atomic E-state index is 0.116. The van der Waals surface area contributed by atoms with Crippen LogP contribution in [0.4, 0.5) is 0 Å². The molecule has 0 saturated heterocycles. The molecular formula is C12H18N2O4S. The van der Waals surface area contributed by atoms with Crippen LogP contribution in [-0.2, 0) is 10.0 Å². The molecule has 0 atom stereocenters. The van der Waals surface area contributed by atoms with E-state index < -0.39 is 10.0 Å². The molecule has 6 nitrogen and oxygen atoms in total. The van der Waals surface area contributed by atoms with Crippen molar-refractivity contribution < 1.29 is 18.3 Å². The van der Waals surface area contributed by atoms with Gasteiger partial charge < -0.3 is 10.0 Å². The number of amides is 1. The molecule has 0 fully saturated rings. The van der Waals surface area contributed by atoms with Gasteiger partial charge in [-0.15, -0.1) is 0 Å². The lowest BCUT2D eigenvalue weighted by molar-refractivity contribution is 0.0767. The van der Waals surface area contributed by atoms with Gasteiger partial charge in [0.05, 0.1) is 11.5 Å². The summed E-state index contributed by atoms with van der Waals surface area (Å²) in [5, 5.41) is 8.77. The molecule has 0 saturated carbocycles. The highest BCUT2D eigenvalue weighted by Gasteiger charge is 2.18. The normalized spacial score (nSPS) is 11.6. The Balaban J connectivity index is 2.98. The van der Waals surface area contributed by atoms with Crippen molar-refractivity contribution in [3.8, 4) is 0 Å². The molecule has 0 unspecified atom stereocenters. The van der Waals surface area contributed by atoms with E-state index in [9.17, 15) is 13.2 Å². The van der Waals surface area contributed by atoms with Crippen molar-refractivity contribution in [1.29, 1.82) is 0 Å². The van der Waals surface area contributed by atoms with Crippen LogP contribution >= 0.6 is 0 Å². The van der Waals surface area contributed by atoms with Gasteiger partial charge in [0.25, 0.3) is 5.91 Å². The topological polar surface area (TPSA) is 77.9 Å². The summed E-state index contributed by atoms with van der Waals surface area (Å²) < 4.78 is 24.8. The predicted octanol–water partition coefficient (Wildman–Crippen LogP) is 0.00120. The number of likely N-dealkylation sites (N-methyl/N-ethyl adjacent to an activating group) is 1. The van der Waals surface area contributed by atoms with Crippen LogP contribution in [0.2, 0.25) is 0 Å². The van der Waals surface area contributed by atoms with Crippen LogP contribution in [0, 0.1) is 0 Å². The van der Waals surface area contributed by atoms with Crippen molar-refractivity contribution in [2.24, 2.45) is 0 Å². The summed E-state index contributed by atoms with van der Waals surface area (Å²) in [6.07, 6.45) is 0. The third kappa shape index (κ3) is 3.52. The van der Waals surface area contributed by atoms with Crippen molar-refractivity contribution >= 4 is 15.9 Å². The van der Waals surface area contributed by atoms with Crippen LogP contribution in [0.5, 0.6) is 0 Å². The minimum atomic E-state index is -3.48. The van der Waals surface area contributed by atoms with Crippen LogP contribution in [0.15, 0.2) is 29.2 Å². The summed E-state index contributed by atoms with van der Waals surface area (Å²) in [4.78, 5) is 13.4. The number of carbonyl (C=O) groups is 1. The van der Waals surface area contributed by atoms with Crippen molar-refractivity contribution in [2.45, 2.75) is 4.90 Å². The molecule has 1 N–H and O–H groups in total. The maximum absolute atomic E-state index is 11.9. The van der Waals surface area contributed by atoms with Crippen molar-refractivity contribution in [3.63, 3.8) is 0 Å². The molecule has 19 heavy (non-hydrogen) atoms. The van der Waals surface area contributed by atoms with E-state index in [1.807, 2.05) is 0 Å². The highest BCUT2D eigenvalue weighted by molar-refractivity contribution is 7.89. The van der Waals surface area contributed by atoms with E-state index in [-0.39, 0.29) is 24.0 Å². The SMILES string of the molecule is CN(CCO)C(=O)c1ccc(S(=O)(=O)N(C)C)cc1. The average molecular weight is 286 g/mol. The van der Waals surface area contributed by atoms with E-state index in [1.165, 1.54) is 43.3 Å². The van der Waals surface area contributed by atoms with Gasteiger partial charge in [0.15, 0.2) is 0 Å². The van der Waals surface area contributed by atoms with Gasteiger partial charge in [-0.25, -0.2) is 12.7 Å². The second-order valence-electron chi connectivity index (χ2n) is 4.26. The number of aliphatic hydroxyl groups excluding tert-OH is 1. The predicted molar refractivity (Wildman–Crippen MR) is 71.4 cm³/mol. The van der Waals surface area contributed by atoms with E-state index >= 15 is 0 Å². The second-order valence-corrected chi connectivity index (χ2v) is 6.41. The fourth-order valence-electron chi connectivity index (χ4n) is 1.45. The van der Waals surface area contributed by atoms with Crippen LogP contribution in [0.1, 0.15) is 10.4 Å². The van der Waals surface area contributed by atoms with Crippen LogP contribution in [0.25, 0.3) is 0 Å². The fraction of sp³-hybridized carbons (Fsp3) is 0.417. The van der Waals surface area contributed by atoms with E-state index in [0.29, 0.717) is 5.56 Å². The summed E-state index contributed by atoms with van der Waals surface area (Å²) in [6.45, 7) is 0.117. The first kappa shape index (κ1) is 15.6. The Morgan fingerprint density at radius 3 is 2.11 bits per heavy atom. The molecule has 0 aliphatic rings. The number of nitrogens with zero attached hydrogens (tertiary/aromatic N) is 2. The molecule has 0 heterocycles. The highest BCUT2D eigenvalue weighted by Crippen LogP contribution is 2.14. The van der Waals surface area contributed by atoms with Gasteiger partial charge in [-0.3, -0.25) is 4.79 Å². The number of hydrogen-bond donors (Lipinski definition) is 1. The lowest BCUT2D eigenvalue weighted by Crippen LogP contribution is -2.29. The number of benzene rings is 1. The smallest absolute Gasteiger partial charge is 0.253 e. The average Bonchev–Trinajstić information content (AvgIpc) is 2.38. The Bertz CT molecular complexity index is 537. The van der Waals surface area contributed by atoms with Gasteiger partial charge in [-0.2, -0.15) is 0 Å². The second kappa shape index (κ2) is 6.14. The summed E-state index contributed by atoms with van der Waals surface area (Å²) >= 11 is 0. The Labute approximate surface area is 113 Å². The highest BCUT2D eigenvalue weighted by atomic mass is 32.2. The zero-order chi connectivity index (χ0) is 14.6. The molecule has 1 amide bonds. The van der Waals surface area contributed by atoms with Gasteiger partial charge in [-0.05, 0) is 24.3 Å². The van der Waals surface area contributed by atoms with Gasteiger partial charge in [0.2, 0.25) is 10.0 Å². The van der Waals surface area contributed by atoms with Crippen molar-refractivity contribution in [2.75, 3.05) is 34.3 Å². The molecule has 1 aromatic carbocycles. The zero-order valence-electron chi connectivity index (χ0n) is 11.2. The maximum Gasteiger partial charge on any atom is 0.253 e. The number of rotatable bonds is 5. The van der Waals surface area contributed by atoms with Crippen LogP contribution in [0.3, 0.4) is 0 Å². The van der Waals surface area contributed by atoms with E-state index in [2.05, 4.69) is 0 Å². The fourth-order valence-corrected chi connectivity index (χ4v) is 2.35. The molecule has 0 bridgehead atoms. The van der Waals surface area contributed by atoms with Crippen LogP contribution < -0.4 is 0 Å². The van der Waals surface area contributed by atoms with Gasteiger partial charge in [0.1, 0.15) is 0 Å². The Morgan fingerprint density at radius 2 is 1.68 bits per heavy atom. The molecule has 7 heteroatoms. The Hall–Kier alpha value is -1.44. The zero-order valence-corrected chi connectivity index (χ0v) is 12.0. The van der Waals surface area contributed by atoms with Crippen molar-refractivity contribution in [3.05, 3.63) is 29.8 Å². The van der Waals surface area contributed by atoms with E-state index in [1.54, 1.807) is 7.05 Å². The summed E-state index contributed by atoms with van der Waals surface area (Å²) in [6, 6.07) is 5.73. The standard InChI is InChI=1S/C12H18N2O4S/c1-13(2)19(17,18)11-6-4-10(5-7-11)12(16)14(3)8-9-15/h4-7,15H,8-9H2,1-3H3. The molecule has 1 rings (SSSR count). The molecule has 0 spiro atoms. The van der Waals surface area contributed by atoms with Gasteiger partial charge >= 0.3 is 0 Å². The number of sulfonamides is 1. The quantitative estimate of drug-likeness (QED) is 0.826. The largest absolute Gasteiger partial charge is 0.395 e. The summed E-state index contributed by atoms with van der Waals surface area (Å²) in [7, 11) is 0.987. The Kier molecular flexibility index (Phi) is 5.04. The summed E-state index contributed by atoms with van der Waals surface area (Å²) in [5.74, 6) is -0.261. The van der Waals surface area contributed by atoms with E-state index in [4.69, 9.17) is 5.11 Å². The molecule has 106 valence electrons. The van der Waals surface area contributed by atoms with Crippen LogP contribution in [-0.4, -0.2) is 62.9 Å². The number of carbonyl (C=O) groups excluding carboxylic acids is 1. The number of aliphatic hydroxyl groups is 1. The first-order chi connectivity index (χ1) is 8.80. The van der Waals surface area contributed by atoms with Gasteiger partial charge in [0, 0.05) is 33.3 Å². The Morgan fingerprint density at radius 1 is 1.16 bits per heavy atom. The number of hydrogen-bond acceptors (Lipinski definition) is 4. The molecule has 1 aromatic rings. The third-order valence-corrected chi connectivity index (χ3v) is 4.49. The summed E-state index contributed by atoms with van der Waals surface area (Å²) in [5.41, 5.74) is 0.383. The minimum Gasteiger partial charge on any atom is -0.395 e. The molecule has 0 aliphatic carbocycles. The van der Waals surface area contributed by atoms with Crippen molar-refractivity contribution in [1.82, 2.24) is 9.21 Å². The third-order valence-electron chi connectivity index (χ3n) is 2.66. The molecule has 0 aliphatic heterocycles. The van der Waals surface area contributed by atoms with Gasteiger partial charge in [-0.1, -0.05) is 0 Å². The first-order valence-corrected chi connectivity index (χ1v) is 7.13. The lowest BCUT2D eigenvalue weighted by atomic mass is 10.2. The molecular weight excluding hydrogens is 268 g/mol. The molecule has 0 radical (unpaired) electrons. The lowest BCUT2D eigenvalue weighted by Gasteiger charge is -2.16. The molecule has 0 aromatic heterocycles. The monoisotopic (exact) mass is 286 g/mol. The first-order valence-electron chi connectivity index (χ1n) is 5.69. The maximum atomic E-state index is 11.9. The van der Waals surface area contributed by atoms with E-state index in [0.717, 1.165) is 4.31 Å².